The van der Waals surface area contributed by atoms with Crippen LogP contribution in [0.1, 0.15) is 44.7 Å². The molecular weight excluding hydrogens is 244 g/mol. The molecule has 1 amide bonds. The molecule has 0 fully saturated rings. The summed E-state index contributed by atoms with van der Waals surface area (Å²) in [4.78, 5) is 23.3. The van der Waals surface area contributed by atoms with Crippen molar-refractivity contribution >= 4 is 11.9 Å². The minimum atomic E-state index is -1.11. The van der Waals surface area contributed by atoms with Gasteiger partial charge in [0.15, 0.2) is 0 Å². The Morgan fingerprint density at radius 2 is 1.84 bits per heavy atom. The third-order valence-corrected chi connectivity index (χ3v) is 2.81. The Morgan fingerprint density at radius 3 is 2.37 bits per heavy atom. The molecule has 0 saturated carbocycles. The maximum Gasteiger partial charge on any atom is 0.336 e. The minimum absolute atomic E-state index is 0.0396. The Hall–Kier alpha value is -2.35. The SMILES string of the molecule is Cc1ccc(C)c(C(=O)NCCCC#N)c1C(=O)O. The summed E-state index contributed by atoms with van der Waals surface area (Å²) < 4.78 is 0. The molecular formula is C14H16N2O3. The highest BCUT2D eigenvalue weighted by atomic mass is 16.4. The third-order valence-electron chi connectivity index (χ3n) is 2.81. The summed E-state index contributed by atoms with van der Waals surface area (Å²) in [5.74, 6) is -1.51. The fourth-order valence-electron chi connectivity index (χ4n) is 1.84. The van der Waals surface area contributed by atoms with Crippen LogP contribution >= 0.6 is 0 Å². The average molecular weight is 260 g/mol. The Labute approximate surface area is 111 Å². The highest BCUT2D eigenvalue weighted by Crippen LogP contribution is 2.18. The maximum absolute atomic E-state index is 12.0. The van der Waals surface area contributed by atoms with Crippen molar-refractivity contribution in [3.63, 3.8) is 0 Å². The number of nitriles is 1. The highest BCUT2D eigenvalue weighted by Gasteiger charge is 2.20. The number of nitrogens with zero attached hydrogens (tertiary/aromatic N) is 1. The van der Waals surface area contributed by atoms with Crippen molar-refractivity contribution in [2.45, 2.75) is 26.7 Å². The summed E-state index contributed by atoms with van der Waals surface area (Å²) >= 11 is 0. The summed E-state index contributed by atoms with van der Waals surface area (Å²) in [5, 5.41) is 20.3. The molecule has 0 bridgehead atoms. The second-order valence-electron chi connectivity index (χ2n) is 4.27. The number of unbranched alkanes of at least 4 members (excludes halogenated alkanes) is 1. The van der Waals surface area contributed by atoms with Crippen LogP contribution in [0.15, 0.2) is 12.1 Å². The van der Waals surface area contributed by atoms with E-state index in [4.69, 9.17) is 5.26 Å². The lowest BCUT2D eigenvalue weighted by Gasteiger charge is -2.12. The van der Waals surface area contributed by atoms with Crippen LogP contribution in [0, 0.1) is 25.2 Å². The molecule has 1 rings (SSSR count). The van der Waals surface area contributed by atoms with E-state index in [0.29, 0.717) is 30.5 Å². The van der Waals surface area contributed by atoms with Crippen LogP contribution in [0.5, 0.6) is 0 Å². The summed E-state index contributed by atoms with van der Waals surface area (Å²) in [6.07, 6.45) is 0.911. The highest BCUT2D eigenvalue weighted by molar-refractivity contribution is 6.06. The van der Waals surface area contributed by atoms with Gasteiger partial charge in [0.05, 0.1) is 17.2 Å². The molecule has 0 radical (unpaired) electrons. The monoisotopic (exact) mass is 260 g/mol. The van der Waals surface area contributed by atoms with Gasteiger partial charge in [0, 0.05) is 13.0 Å². The number of benzene rings is 1. The average Bonchev–Trinajstić information content (AvgIpc) is 2.36. The number of hydrogen-bond donors (Lipinski definition) is 2. The molecule has 1 aromatic rings. The van der Waals surface area contributed by atoms with Gasteiger partial charge < -0.3 is 10.4 Å². The third kappa shape index (κ3) is 3.55. The van der Waals surface area contributed by atoms with Gasteiger partial charge in [-0.05, 0) is 31.4 Å². The van der Waals surface area contributed by atoms with Gasteiger partial charge in [-0.3, -0.25) is 4.79 Å². The predicted molar refractivity (Wildman–Crippen MR) is 70.1 cm³/mol. The largest absolute Gasteiger partial charge is 0.478 e. The zero-order valence-electron chi connectivity index (χ0n) is 11.0. The van der Waals surface area contributed by atoms with Crippen molar-refractivity contribution in [2.75, 3.05) is 6.54 Å². The number of nitrogens with one attached hydrogen (secondary N) is 1. The molecule has 0 aromatic heterocycles. The van der Waals surface area contributed by atoms with Crippen molar-refractivity contribution in [3.8, 4) is 6.07 Å². The standard InChI is InChI=1S/C14H16N2O3/c1-9-5-6-10(2)12(14(18)19)11(9)13(17)16-8-4-3-7-15/h5-6H,3-4,8H2,1-2H3,(H,16,17)(H,18,19). The van der Waals surface area contributed by atoms with E-state index in [-0.39, 0.29) is 11.1 Å². The van der Waals surface area contributed by atoms with Crippen molar-refractivity contribution in [3.05, 3.63) is 34.4 Å². The number of amides is 1. The Bertz CT molecular complexity index is 544. The van der Waals surface area contributed by atoms with Gasteiger partial charge >= 0.3 is 5.97 Å². The molecule has 0 aliphatic rings. The van der Waals surface area contributed by atoms with Crippen molar-refractivity contribution in [1.29, 1.82) is 5.26 Å². The molecule has 0 spiro atoms. The number of carboxylic acids is 1. The number of aromatic carboxylic acids is 1. The van der Waals surface area contributed by atoms with E-state index in [2.05, 4.69) is 5.32 Å². The molecule has 2 N–H and O–H groups in total. The van der Waals surface area contributed by atoms with E-state index in [1.54, 1.807) is 26.0 Å². The van der Waals surface area contributed by atoms with Crippen LogP contribution in [0.2, 0.25) is 0 Å². The number of carbonyl (C=O) groups is 2. The van der Waals surface area contributed by atoms with E-state index in [1.807, 2.05) is 6.07 Å². The molecule has 0 aliphatic heterocycles. The van der Waals surface area contributed by atoms with Crippen LogP contribution in [-0.2, 0) is 0 Å². The van der Waals surface area contributed by atoms with E-state index >= 15 is 0 Å². The van der Waals surface area contributed by atoms with Crippen molar-refractivity contribution < 1.29 is 14.7 Å². The lowest BCUT2D eigenvalue weighted by atomic mass is 9.96. The lowest BCUT2D eigenvalue weighted by Crippen LogP contribution is -2.27. The van der Waals surface area contributed by atoms with Crippen LogP contribution in [-0.4, -0.2) is 23.5 Å². The number of aryl methyl sites for hydroxylation is 2. The van der Waals surface area contributed by atoms with E-state index in [1.165, 1.54) is 0 Å². The summed E-state index contributed by atoms with van der Waals surface area (Å²) in [7, 11) is 0. The molecule has 19 heavy (non-hydrogen) atoms. The van der Waals surface area contributed by atoms with Crippen molar-refractivity contribution in [2.24, 2.45) is 0 Å². The molecule has 0 aliphatic carbocycles. The maximum atomic E-state index is 12.0. The smallest absolute Gasteiger partial charge is 0.336 e. The first kappa shape index (κ1) is 14.7. The Kier molecular flexibility index (Phi) is 5.07. The number of rotatable bonds is 5. The van der Waals surface area contributed by atoms with Crippen LogP contribution in [0.3, 0.4) is 0 Å². The summed E-state index contributed by atoms with van der Waals surface area (Å²) in [6.45, 7) is 3.73. The van der Waals surface area contributed by atoms with Gasteiger partial charge in [-0.1, -0.05) is 12.1 Å². The zero-order valence-corrected chi connectivity index (χ0v) is 11.0. The molecule has 0 saturated heterocycles. The predicted octanol–water partition coefficient (Wildman–Crippen LogP) is 2.04. The molecule has 1 aromatic carbocycles. The van der Waals surface area contributed by atoms with Crippen LogP contribution in [0.25, 0.3) is 0 Å². The fraction of sp³-hybridized carbons (Fsp3) is 0.357. The quantitative estimate of drug-likeness (QED) is 0.792. The normalized spacial score (nSPS) is 9.74. The topological polar surface area (TPSA) is 90.2 Å². The minimum Gasteiger partial charge on any atom is -0.478 e. The van der Waals surface area contributed by atoms with E-state index in [9.17, 15) is 14.7 Å². The fourth-order valence-corrected chi connectivity index (χ4v) is 1.84. The van der Waals surface area contributed by atoms with Gasteiger partial charge in [0.25, 0.3) is 5.91 Å². The lowest BCUT2D eigenvalue weighted by molar-refractivity contribution is 0.0690. The number of hydrogen-bond acceptors (Lipinski definition) is 3. The van der Waals surface area contributed by atoms with Crippen molar-refractivity contribution in [1.82, 2.24) is 5.32 Å². The second kappa shape index (κ2) is 6.55. The van der Waals surface area contributed by atoms with Gasteiger partial charge in [0.2, 0.25) is 0 Å². The van der Waals surface area contributed by atoms with Crippen LogP contribution < -0.4 is 5.32 Å². The first-order valence-corrected chi connectivity index (χ1v) is 5.97. The molecule has 5 heteroatoms. The molecule has 0 unspecified atom stereocenters. The first-order chi connectivity index (χ1) is 8.99. The Morgan fingerprint density at radius 1 is 1.26 bits per heavy atom. The molecule has 5 nitrogen and oxygen atoms in total. The number of carboxylic acid groups (broad SMARTS) is 1. The molecule has 0 heterocycles. The van der Waals surface area contributed by atoms with Crippen LogP contribution in [0.4, 0.5) is 0 Å². The van der Waals surface area contributed by atoms with Gasteiger partial charge in [-0.15, -0.1) is 0 Å². The van der Waals surface area contributed by atoms with E-state index in [0.717, 1.165) is 0 Å². The second-order valence-corrected chi connectivity index (χ2v) is 4.27. The van der Waals surface area contributed by atoms with Gasteiger partial charge in [-0.2, -0.15) is 5.26 Å². The van der Waals surface area contributed by atoms with Gasteiger partial charge in [-0.25, -0.2) is 4.79 Å². The summed E-state index contributed by atoms with van der Waals surface area (Å²) in [5.41, 5.74) is 1.42. The number of carbonyl (C=O) groups excluding carboxylic acids is 1. The van der Waals surface area contributed by atoms with E-state index < -0.39 is 11.9 Å². The van der Waals surface area contributed by atoms with Gasteiger partial charge in [0.1, 0.15) is 0 Å². The molecule has 100 valence electrons. The zero-order chi connectivity index (χ0) is 14.4. The Balaban J connectivity index is 2.99. The first-order valence-electron chi connectivity index (χ1n) is 5.97. The summed E-state index contributed by atoms with van der Waals surface area (Å²) in [6, 6.07) is 5.40. The molecule has 0 atom stereocenters.